The molecule has 2 heterocycles. The van der Waals surface area contributed by atoms with Crippen LogP contribution in [0.3, 0.4) is 0 Å². The summed E-state index contributed by atoms with van der Waals surface area (Å²) in [5.74, 6) is 0. The highest BCUT2D eigenvalue weighted by atomic mass is 15.1. The van der Waals surface area contributed by atoms with E-state index in [1.807, 2.05) is 13.8 Å². The van der Waals surface area contributed by atoms with Crippen LogP contribution in [0, 0.1) is 0 Å². The van der Waals surface area contributed by atoms with Crippen molar-refractivity contribution in [2.45, 2.75) is 26.9 Å². The minimum Gasteiger partial charge on any atom is -0.368 e. The summed E-state index contributed by atoms with van der Waals surface area (Å²) in [7, 11) is 2.15. The number of nitrogens with zero attached hydrogens (tertiary/aromatic N) is 2. The summed E-state index contributed by atoms with van der Waals surface area (Å²) in [5, 5.41) is 0. The molecule has 90 valence electrons. The molecule has 0 atom stereocenters. The van der Waals surface area contributed by atoms with Crippen LogP contribution in [0.25, 0.3) is 0 Å². The van der Waals surface area contributed by atoms with Gasteiger partial charge in [-0.15, -0.1) is 0 Å². The summed E-state index contributed by atoms with van der Waals surface area (Å²) in [6.45, 7) is 5.98. The summed E-state index contributed by atoms with van der Waals surface area (Å²) < 4.78 is 2.32. The second-order valence-electron chi connectivity index (χ2n) is 4.11. The van der Waals surface area contributed by atoms with E-state index in [1.54, 1.807) is 0 Å². The highest BCUT2D eigenvalue weighted by Gasteiger charge is 2.14. The van der Waals surface area contributed by atoms with Crippen LogP contribution >= 0.6 is 0 Å². The first-order valence-electron chi connectivity index (χ1n) is 6.27. The molecule has 0 saturated carbocycles. The van der Waals surface area contributed by atoms with Crippen molar-refractivity contribution in [2.75, 3.05) is 11.9 Å². The van der Waals surface area contributed by atoms with Gasteiger partial charge in [0.15, 0.2) is 0 Å². The monoisotopic (exact) mass is 228 g/mol. The first-order valence-corrected chi connectivity index (χ1v) is 6.27. The SMILES string of the molecule is CC.CN1Cc2cccn2Cc2ccccc21. The summed E-state index contributed by atoms with van der Waals surface area (Å²) >= 11 is 0. The van der Waals surface area contributed by atoms with E-state index >= 15 is 0 Å². The van der Waals surface area contributed by atoms with Crippen molar-refractivity contribution in [3.63, 3.8) is 0 Å². The van der Waals surface area contributed by atoms with Gasteiger partial charge < -0.3 is 9.47 Å². The standard InChI is InChI=1S/C13H14N2.C2H6/c1-14-10-12-6-4-8-15(12)9-11-5-2-3-7-13(11)14;1-2/h2-8H,9-10H2,1H3;1-2H3. The maximum absolute atomic E-state index is 2.32. The summed E-state index contributed by atoms with van der Waals surface area (Å²) in [5.41, 5.74) is 4.13. The lowest BCUT2D eigenvalue weighted by atomic mass is 10.1. The topological polar surface area (TPSA) is 8.17 Å². The maximum Gasteiger partial charge on any atom is 0.0578 e. The van der Waals surface area contributed by atoms with E-state index in [-0.39, 0.29) is 0 Å². The van der Waals surface area contributed by atoms with Crippen LogP contribution in [-0.2, 0) is 13.1 Å². The molecule has 1 aliphatic rings. The minimum atomic E-state index is 0.989. The number of anilines is 1. The number of aromatic nitrogens is 1. The van der Waals surface area contributed by atoms with Gasteiger partial charge in [-0.05, 0) is 23.8 Å². The normalized spacial score (nSPS) is 13.0. The molecule has 17 heavy (non-hydrogen) atoms. The van der Waals surface area contributed by atoms with Crippen LogP contribution in [0.4, 0.5) is 5.69 Å². The highest BCUT2D eigenvalue weighted by Crippen LogP contribution is 2.25. The van der Waals surface area contributed by atoms with E-state index in [9.17, 15) is 0 Å². The van der Waals surface area contributed by atoms with Gasteiger partial charge in [0.05, 0.1) is 6.54 Å². The Morgan fingerprint density at radius 3 is 2.53 bits per heavy atom. The molecule has 1 aliphatic heterocycles. The fourth-order valence-corrected chi connectivity index (χ4v) is 2.28. The lowest BCUT2D eigenvalue weighted by Crippen LogP contribution is -2.16. The Bertz CT molecular complexity index is 485. The van der Waals surface area contributed by atoms with E-state index in [4.69, 9.17) is 0 Å². The fourth-order valence-electron chi connectivity index (χ4n) is 2.28. The smallest absolute Gasteiger partial charge is 0.0578 e. The van der Waals surface area contributed by atoms with Gasteiger partial charge in [-0.1, -0.05) is 32.0 Å². The van der Waals surface area contributed by atoms with Crippen molar-refractivity contribution in [3.05, 3.63) is 53.9 Å². The molecule has 0 bridgehead atoms. The molecule has 0 spiro atoms. The third-order valence-corrected chi connectivity index (χ3v) is 3.07. The Kier molecular flexibility index (Phi) is 3.52. The van der Waals surface area contributed by atoms with Crippen LogP contribution in [0.1, 0.15) is 25.1 Å². The van der Waals surface area contributed by atoms with E-state index in [1.165, 1.54) is 16.9 Å². The number of rotatable bonds is 0. The number of hydrogen-bond donors (Lipinski definition) is 0. The molecule has 0 amide bonds. The molecule has 0 fully saturated rings. The first kappa shape index (κ1) is 11.8. The Morgan fingerprint density at radius 2 is 1.71 bits per heavy atom. The van der Waals surface area contributed by atoms with Crippen molar-refractivity contribution in [1.29, 1.82) is 0 Å². The highest BCUT2D eigenvalue weighted by molar-refractivity contribution is 5.54. The number of hydrogen-bond acceptors (Lipinski definition) is 1. The van der Waals surface area contributed by atoms with Crippen LogP contribution in [-0.4, -0.2) is 11.6 Å². The van der Waals surface area contributed by atoms with Gasteiger partial charge in [-0.2, -0.15) is 0 Å². The molecule has 1 aromatic heterocycles. The van der Waals surface area contributed by atoms with E-state index < -0.39 is 0 Å². The molecule has 2 heteroatoms. The molecule has 0 N–H and O–H groups in total. The maximum atomic E-state index is 2.32. The Labute approximate surface area is 103 Å². The van der Waals surface area contributed by atoms with Gasteiger partial charge in [0.25, 0.3) is 0 Å². The Balaban J connectivity index is 0.000000514. The molecular formula is C15H20N2. The van der Waals surface area contributed by atoms with Gasteiger partial charge in [-0.3, -0.25) is 0 Å². The summed E-state index contributed by atoms with van der Waals surface area (Å²) in [6.07, 6.45) is 2.16. The van der Waals surface area contributed by atoms with Gasteiger partial charge in [-0.25, -0.2) is 0 Å². The number of para-hydroxylation sites is 1. The first-order chi connectivity index (χ1) is 8.34. The molecule has 0 radical (unpaired) electrons. The van der Waals surface area contributed by atoms with Gasteiger partial charge in [0.2, 0.25) is 0 Å². The molecular weight excluding hydrogens is 208 g/mol. The minimum absolute atomic E-state index is 0.989. The zero-order valence-electron chi connectivity index (χ0n) is 10.9. The van der Waals surface area contributed by atoms with E-state index in [0.717, 1.165) is 13.1 Å². The lowest BCUT2D eigenvalue weighted by Gasteiger charge is -2.18. The third-order valence-electron chi connectivity index (χ3n) is 3.07. The van der Waals surface area contributed by atoms with Crippen molar-refractivity contribution in [1.82, 2.24) is 4.57 Å². The average Bonchev–Trinajstić information content (AvgIpc) is 2.74. The molecule has 0 saturated heterocycles. The van der Waals surface area contributed by atoms with Crippen molar-refractivity contribution < 1.29 is 0 Å². The van der Waals surface area contributed by atoms with Crippen LogP contribution in [0.2, 0.25) is 0 Å². The second kappa shape index (κ2) is 5.09. The van der Waals surface area contributed by atoms with Crippen molar-refractivity contribution >= 4 is 5.69 Å². The van der Waals surface area contributed by atoms with Gasteiger partial charge in [0.1, 0.15) is 0 Å². The van der Waals surface area contributed by atoms with Crippen LogP contribution < -0.4 is 4.90 Å². The predicted octanol–water partition coefficient (Wildman–Crippen LogP) is 3.51. The van der Waals surface area contributed by atoms with E-state index in [0.29, 0.717) is 0 Å². The molecule has 0 aliphatic carbocycles. The molecule has 3 rings (SSSR count). The van der Waals surface area contributed by atoms with Crippen molar-refractivity contribution in [3.8, 4) is 0 Å². The average molecular weight is 228 g/mol. The molecule has 2 aromatic rings. The lowest BCUT2D eigenvalue weighted by molar-refractivity contribution is 0.759. The quantitative estimate of drug-likeness (QED) is 0.670. The van der Waals surface area contributed by atoms with E-state index in [2.05, 4.69) is 59.1 Å². The van der Waals surface area contributed by atoms with Gasteiger partial charge >= 0.3 is 0 Å². The Hall–Kier alpha value is -1.70. The Morgan fingerprint density at radius 1 is 0.941 bits per heavy atom. The predicted molar refractivity (Wildman–Crippen MR) is 73.4 cm³/mol. The van der Waals surface area contributed by atoms with Crippen LogP contribution in [0.15, 0.2) is 42.6 Å². The number of benzene rings is 1. The molecule has 2 nitrogen and oxygen atoms in total. The zero-order valence-corrected chi connectivity index (χ0v) is 10.9. The number of fused-ring (bicyclic) bond motifs is 2. The summed E-state index contributed by atoms with van der Waals surface area (Å²) in [4.78, 5) is 2.31. The van der Waals surface area contributed by atoms with Gasteiger partial charge in [0, 0.05) is 31.2 Å². The molecule has 1 aromatic carbocycles. The largest absolute Gasteiger partial charge is 0.368 e. The zero-order chi connectivity index (χ0) is 12.3. The second-order valence-corrected chi connectivity index (χ2v) is 4.11. The molecule has 0 unspecified atom stereocenters. The summed E-state index contributed by atoms with van der Waals surface area (Å²) in [6, 6.07) is 12.9. The third kappa shape index (κ3) is 2.21. The fraction of sp³-hybridized carbons (Fsp3) is 0.333. The van der Waals surface area contributed by atoms with Crippen LogP contribution in [0.5, 0.6) is 0 Å². The van der Waals surface area contributed by atoms with Crippen molar-refractivity contribution in [2.24, 2.45) is 0 Å².